The van der Waals surface area contributed by atoms with Crippen molar-refractivity contribution in [2.24, 2.45) is 0 Å². The molecule has 2 amide bonds. The topological polar surface area (TPSA) is 83.6 Å². The van der Waals surface area contributed by atoms with E-state index in [9.17, 15) is 18.0 Å². The molecular weight excluding hydrogens is 364 g/mol. The number of hydrogen-bond donors (Lipinski definition) is 1. The first-order valence-corrected chi connectivity index (χ1v) is 10.4. The predicted molar refractivity (Wildman–Crippen MR) is 102 cm³/mol. The van der Waals surface area contributed by atoms with Crippen LogP contribution in [0.4, 0.5) is 0 Å². The Morgan fingerprint density at radius 2 is 1.67 bits per heavy atom. The number of nitrogens with one attached hydrogen (secondary N) is 1. The molecule has 1 N–H and O–H groups in total. The third-order valence-corrected chi connectivity index (χ3v) is 6.32. The number of aryl methyl sites for hydroxylation is 1. The van der Waals surface area contributed by atoms with Crippen LogP contribution in [0.15, 0.2) is 59.5 Å². The molecule has 0 bridgehead atoms. The van der Waals surface area contributed by atoms with Crippen molar-refractivity contribution in [3.8, 4) is 0 Å². The van der Waals surface area contributed by atoms with Crippen molar-refractivity contribution in [2.45, 2.75) is 30.6 Å². The van der Waals surface area contributed by atoms with Gasteiger partial charge in [-0.3, -0.25) is 9.59 Å². The molecule has 0 unspecified atom stereocenters. The van der Waals surface area contributed by atoms with Crippen molar-refractivity contribution in [2.75, 3.05) is 13.1 Å². The monoisotopic (exact) mass is 386 g/mol. The van der Waals surface area contributed by atoms with E-state index in [-0.39, 0.29) is 29.3 Å². The zero-order valence-electron chi connectivity index (χ0n) is 14.9. The van der Waals surface area contributed by atoms with Gasteiger partial charge >= 0.3 is 0 Å². The van der Waals surface area contributed by atoms with E-state index >= 15 is 0 Å². The molecule has 0 spiro atoms. The van der Waals surface area contributed by atoms with Gasteiger partial charge < -0.3 is 5.32 Å². The Balaban J connectivity index is 1.41. The summed E-state index contributed by atoms with van der Waals surface area (Å²) in [4.78, 5) is 24.2. The summed E-state index contributed by atoms with van der Waals surface area (Å²) in [5.41, 5.74) is 1.42. The molecule has 0 fully saturated rings. The lowest BCUT2D eigenvalue weighted by atomic mass is 10.1. The summed E-state index contributed by atoms with van der Waals surface area (Å²) in [7, 11) is -3.79. The van der Waals surface area contributed by atoms with Gasteiger partial charge in [-0.2, -0.15) is 0 Å². The minimum Gasteiger partial charge on any atom is -0.356 e. The quantitative estimate of drug-likeness (QED) is 0.706. The fourth-order valence-electron chi connectivity index (χ4n) is 3.09. The van der Waals surface area contributed by atoms with Crippen LogP contribution < -0.4 is 5.32 Å². The third kappa shape index (κ3) is 4.36. The molecule has 27 heavy (non-hydrogen) atoms. The van der Waals surface area contributed by atoms with Gasteiger partial charge in [0.25, 0.3) is 15.9 Å². The molecular formula is C20H22N2O4S. The van der Waals surface area contributed by atoms with E-state index in [1.807, 2.05) is 30.3 Å². The van der Waals surface area contributed by atoms with Crippen molar-refractivity contribution in [3.05, 3.63) is 65.7 Å². The normalized spacial score (nSPS) is 14.8. The van der Waals surface area contributed by atoms with Gasteiger partial charge in [-0.1, -0.05) is 42.5 Å². The fraction of sp³-hybridized carbons (Fsp3) is 0.300. The second-order valence-electron chi connectivity index (χ2n) is 6.42. The van der Waals surface area contributed by atoms with Crippen LogP contribution in [0.5, 0.6) is 0 Å². The average Bonchev–Trinajstić information content (AvgIpc) is 2.87. The number of carbonyl (C=O) groups excluding carboxylic acids is 2. The molecule has 0 aromatic heterocycles. The van der Waals surface area contributed by atoms with Gasteiger partial charge in [-0.15, -0.1) is 0 Å². The summed E-state index contributed by atoms with van der Waals surface area (Å²) in [6.45, 7) is 0.577. The van der Waals surface area contributed by atoms with Crippen LogP contribution in [0.1, 0.15) is 35.2 Å². The van der Waals surface area contributed by atoms with Crippen LogP contribution in [0.3, 0.4) is 0 Å². The summed E-state index contributed by atoms with van der Waals surface area (Å²) in [5, 5.41) is 2.84. The highest BCUT2D eigenvalue weighted by Crippen LogP contribution is 2.29. The minimum absolute atomic E-state index is 0.00722. The highest BCUT2D eigenvalue weighted by Gasteiger charge is 2.40. The minimum atomic E-state index is -3.79. The van der Waals surface area contributed by atoms with Crippen molar-refractivity contribution in [1.82, 2.24) is 9.62 Å². The lowest BCUT2D eigenvalue weighted by molar-refractivity contribution is -0.121. The number of sulfonamides is 1. The molecule has 142 valence electrons. The van der Waals surface area contributed by atoms with E-state index in [2.05, 4.69) is 5.32 Å². The molecule has 2 aromatic rings. The lowest BCUT2D eigenvalue weighted by Crippen LogP contribution is -2.32. The van der Waals surface area contributed by atoms with Crippen LogP contribution in [0.2, 0.25) is 0 Å². The molecule has 0 saturated heterocycles. The van der Waals surface area contributed by atoms with Gasteiger partial charge in [-0.05, 0) is 37.0 Å². The van der Waals surface area contributed by atoms with Gasteiger partial charge in [-0.25, -0.2) is 12.7 Å². The van der Waals surface area contributed by atoms with Gasteiger partial charge in [0.15, 0.2) is 0 Å². The van der Waals surface area contributed by atoms with E-state index in [4.69, 9.17) is 0 Å². The van der Waals surface area contributed by atoms with Gasteiger partial charge in [0.2, 0.25) is 5.91 Å². The van der Waals surface area contributed by atoms with Crippen molar-refractivity contribution < 1.29 is 18.0 Å². The van der Waals surface area contributed by atoms with Crippen molar-refractivity contribution >= 4 is 21.8 Å². The maximum absolute atomic E-state index is 12.4. The Morgan fingerprint density at radius 3 is 2.41 bits per heavy atom. The van der Waals surface area contributed by atoms with E-state index in [1.54, 1.807) is 12.1 Å². The number of rotatable bonds is 8. The summed E-state index contributed by atoms with van der Waals surface area (Å²) in [5.74, 6) is -0.654. The lowest BCUT2D eigenvalue weighted by Gasteiger charge is -2.14. The molecule has 3 rings (SSSR count). The smallest absolute Gasteiger partial charge is 0.269 e. The Morgan fingerprint density at radius 1 is 0.963 bits per heavy atom. The number of hydrogen-bond acceptors (Lipinski definition) is 4. The SMILES string of the molecule is O=C(CCCN1C(=O)c2ccccc2S1(=O)=O)NCCCc1ccccc1. The zero-order valence-corrected chi connectivity index (χ0v) is 15.7. The number of fused-ring (bicyclic) bond motifs is 1. The standard InChI is InChI=1S/C20H22N2O4S/c23-19(21-14-6-10-16-8-2-1-3-9-16)13-7-15-22-20(24)17-11-4-5-12-18(17)27(22,25)26/h1-5,8-9,11-12H,6-7,10,13-15H2,(H,21,23). The zero-order chi connectivity index (χ0) is 19.3. The van der Waals surface area contributed by atoms with Crippen molar-refractivity contribution in [3.63, 3.8) is 0 Å². The molecule has 1 heterocycles. The Labute approximate surface area is 159 Å². The first-order chi connectivity index (χ1) is 13.0. The molecule has 0 saturated carbocycles. The second-order valence-corrected chi connectivity index (χ2v) is 8.25. The van der Waals surface area contributed by atoms with E-state index < -0.39 is 15.9 Å². The average molecular weight is 386 g/mol. The van der Waals surface area contributed by atoms with Crippen molar-refractivity contribution in [1.29, 1.82) is 0 Å². The van der Waals surface area contributed by atoms with Gasteiger partial charge in [0.05, 0.1) is 5.56 Å². The Bertz CT molecular complexity index is 926. The highest BCUT2D eigenvalue weighted by atomic mass is 32.2. The molecule has 7 heteroatoms. The molecule has 0 aliphatic carbocycles. The first kappa shape index (κ1) is 19.1. The second kappa shape index (κ2) is 8.35. The van der Waals surface area contributed by atoms with E-state index in [0.717, 1.165) is 17.1 Å². The Kier molecular flexibility index (Phi) is 5.91. The Hall–Kier alpha value is -2.67. The van der Waals surface area contributed by atoms with Crippen LogP contribution in [-0.4, -0.2) is 37.6 Å². The molecule has 6 nitrogen and oxygen atoms in total. The van der Waals surface area contributed by atoms with Crippen LogP contribution >= 0.6 is 0 Å². The fourth-order valence-corrected chi connectivity index (χ4v) is 4.70. The number of amides is 2. The predicted octanol–water partition coefficient (Wildman–Crippen LogP) is 2.36. The molecule has 2 aromatic carbocycles. The maximum atomic E-state index is 12.4. The largest absolute Gasteiger partial charge is 0.356 e. The first-order valence-electron chi connectivity index (χ1n) is 8.97. The van der Waals surface area contributed by atoms with Gasteiger partial charge in [0.1, 0.15) is 4.90 Å². The highest BCUT2D eigenvalue weighted by molar-refractivity contribution is 7.90. The molecule has 0 atom stereocenters. The number of carbonyl (C=O) groups is 2. The van der Waals surface area contributed by atoms with Crippen LogP contribution in [0, 0.1) is 0 Å². The summed E-state index contributed by atoms with van der Waals surface area (Å²) >= 11 is 0. The van der Waals surface area contributed by atoms with Crippen LogP contribution in [0.25, 0.3) is 0 Å². The molecule has 1 aliphatic heterocycles. The van der Waals surface area contributed by atoms with Crippen LogP contribution in [-0.2, 0) is 21.2 Å². The summed E-state index contributed by atoms with van der Waals surface area (Å²) in [6.07, 6.45) is 2.20. The van der Waals surface area contributed by atoms with E-state index in [0.29, 0.717) is 13.0 Å². The molecule has 0 radical (unpaired) electrons. The summed E-state index contributed by atoms with van der Waals surface area (Å²) < 4.78 is 25.7. The third-order valence-electron chi connectivity index (χ3n) is 4.48. The summed E-state index contributed by atoms with van der Waals surface area (Å²) in [6, 6.07) is 16.2. The number of benzene rings is 2. The number of nitrogens with zero attached hydrogens (tertiary/aromatic N) is 1. The maximum Gasteiger partial charge on any atom is 0.269 e. The van der Waals surface area contributed by atoms with E-state index in [1.165, 1.54) is 17.7 Å². The van der Waals surface area contributed by atoms with Gasteiger partial charge in [0, 0.05) is 19.5 Å². The molecule has 1 aliphatic rings.